The summed E-state index contributed by atoms with van der Waals surface area (Å²) in [6.07, 6.45) is 0. The van der Waals surface area contributed by atoms with Crippen LogP contribution in [0.25, 0.3) is 10.9 Å². The third-order valence-electron chi connectivity index (χ3n) is 2.51. The van der Waals surface area contributed by atoms with Gasteiger partial charge in [0, 0.05) is 23.1 Å². The van der Waals surface area contributed by atoms with E-state index in [0.717, 1.165) is 11.2 Å². The number of rotatable bonds is 2. The van der Waals surface area contributed by atoms with Crippen molar-refractivity contribution in [1.82, 2.24) is 10.3 Å². The summed E-state index contributed by atoms with van der Waals surface area (Å²) >= 11 is 0. The first-order valence-electron chi connectivity index (χ1n) is 5.19. The summed E-state index contributed by atoms with van der Waals surface area (Å²) < 4.78 is 13.1. The van der Waals surface area contributed by atoms with Crippen molar-refractivity contribution in [3.8, 4) is 0 Å². The lowest BCUT2D eigenvalue weighted by molar-refractivity contribution is 0.0957. The predicted molar refractivity (Wildman–Crippen MR) is 61.0 cm³/mol. The van der Waals surface area contributed by atoms with Crippen molar-refractivity contribution in [2.24, 2.45) is 0 Å². The number of nitrogens with one attached hydrogen (secondary N) is 2. The third-order valence-corrected chi connectivity index (χ3v) is 2.51. The second-order valence-corrected chi connectivity index (χ2v) is 3.67. The number of carbonyl (C=O) groups is 1. The lowest BCUT2D eigenvalue weighted by Crippen LogP contribution is -2.23. The van der Waals surface area contributed by atoms with Crippen LogP contribution in [0, 0.1) is 12.7 Å². The summed E-state index contributed by atoms with van der Waals surface area (Å²) in [4.78, 5) is 14.9. The van der Waals surface area contributed by atoms with Crippen molar-refractivity contribution >= 4 is 16.8 Å². The highest BCUT2D eigenvalue weighted by Gasteiger charge is 2.15. The Kier molecular flexibility index (Phi) is 2.64. The molecule has 0 bridgehead atoms. The number of amides is 1. The van der Waals surface area contributed by atoms with Gasteiger partial charge in [0.15, 0.2) is 0 Å². The molecular weight excluding hydrogens is 207 g/mol. The minimum atomic E-state index is -0.336. The quantitative estimate of drug-likeness (QED) is 0.801. The Morgan fingerprint density at radius 2 is 2.25 bits per heavy atom. The molecule has 0 aliphatic carbocycles. The van der Waals surface area contributed by atoms with E-state index in [0.29, 0.717) is 17.5 Å². The first-order chi connectivity index (χ1) is 7.63. The molecule has 0 unspecified atom stereocenters. The number of hydrogen-bond acceptors (Lipinski definition) is 1. The van der Waals surface area contributed by atoms with Crippen molar-refractivity contribution in [3.05, 3.63) is 35.3 Å². The van der Waals surface area contributed by atoms with Gasteiger partial charge in [-0.15, -0.1) is 0 Å². The molecule has 1 aromatic heterocycles. The van der Waals surface area contributed by atoms with Gasteiger partial charge in [0.25, 0.3) is 5.91 Å². The minimum Gasteiger partial charge on any atom is -0.358 e. The number of halogens is 1. The maximum Gasteiger partial charge on any atom is 0.253 e. The predicted octanol–water partition coefficient (Wildman–Crippen LogP) is 2.37. The number of carbonyl (C=O) groups excluding carboxylic acids is 1. The first-order valence-corrected chi connectivity index (χ1v) is 5.19. The largest absolute Gasteiger partial charge is 0.358 e. The van der Waals surface area contributed by atoms with Crippen LogP contribution < -0.4 is 5.32 Å². The van der Waals surface area contributed by atoms with Gasteiger partial charge >= 0.3 is 0 Å². The van der Waals surface area contributed by atoms with Crippen LogP contribution in [0.4, 0.5) is 4.39 Å². The van der Waals surface area contributed by atoms with Crippen molar-refractivity contribution in [2.45, 2.75) is 13.8 Å². The van der Waals surface area contributed by atoms with Crippen molar-refractivity contribution in [2.75, 3.05) is 6.54 Å². The van der Waals surface area contributed by atoms with Crippen LogP contribution in [0.15, 0.2) is 18.2 Å². The molecule has 4 heteroatoms. The maximum absolute atomic E-state index is 13.1. The van der Waals surface area contributed by atoms with Gasteiger partial charge in [0.1, 0.15) is 5.82 Å². The van der Waals surface area contributed by atoms with E-state index >= 15 is 0 Å². The number of aryl methyl sites for hydroxylation is 1. The Hall–Kier alpha value is -1.84. The fourth-order valence-electron chi connectivity index (χ4n) is 1.84. The van der Waals surface area contributed by atoms with E-state index in [2.05, 4.69) is 10.3 Å². The average molecular weight is 220 g/mol. The number of H-pyrrole nitrogens is 1. The molecule has 0 spiro atoms. The SMILES string of the molecule is CCNC(=O)c1c(C)[nH]c2ccc(F)cc12. The average Bonchev–Trinajstić information content (AvgIpc) is 2.53. The van der Waals surface area contributed by atoms with Gasteiger partial charge in [-0.25, -0.2) is 4.39 Å². The molecular formula is C12H13FN2O. The molecule has 16 heavy (non-hydrogen) atoms. The van der Waals surface area contributed by atoms with Gasteiger partial charge < -0.3 is 10.3 Å². The third kappa shape index (κ3) is 1.66. The molecule has 0 atom stereocenters. The van der Waals surface area contributed by atoms with Crippen molar-refractivity contribution < 1.29 is 9.18 Å². The summed E-state index contributed by atoms with van der Waals surface area (Å²) in [6.45, 7) is 4.21. The number of aromatic amines is 1. The molecule has 2 aromatic rings. The molecule has 2 rings (SSSR count). The zero-order chi connectivity index (χ0) is 11.7. The molecule has 0 saturated carbocycles. The van der Waals surface area contributed by atoms with E-state index in [4.69, 9.17) is 0 Å². The van der Waals surface area contributed by atoms with Gasteiger partial charge in [-0.05, 0) is 32.0 Å². The zero-order valence-corrected chi connectivity index (χ0v) is 9.23. The van der Waals surface area contributed by atoms with Crippen LogP contribution in [0.3, 0.4) is 0 Å². The van der Waals surface area contributed by atoms with Gasteiger partial charge in [-0.1, -0.05) is 0 Å². The second-order valence-electron chi connectivity index (χ2n) is 3.67. The number of hydrogen-bond donors (Lipinski definition) is 2. The molecule has 2 N–H and O–H groups in total. The highest BCUT2D eigenvalue weighted by Crippen LogP contribution is 2.22. The summed E-state index contributed by atoms with van der Waals surface area (Å²) in [5.74, 6) is -0.506. The molecule has 0 radical (unpaired) electrons. The molecule has 0 aliphatic heterocycles. The maximum atomic E-state index is 13.1. The molecule has 3 nitrogen and oxygen atoms in total. The number of fused-ring (bicyclic) bond motifs is 1. The Morgan fingerprint density at radius 1 is 1.50 bits per heavy atom. The summed E-state index contributed by atoms with van der Waals surface area (Å²) in [5, 5.41) is 3.35. The van der Waals surface area contributed by atoms with Crippen LogP contribution in [-0.2, 0) is 0 Å². The van der Waals surface area contributed by atoms with Crippen LogP contribution in [0.5, 0.6) is 0 Å². The summed E-state index contributed by atoms with van der Waals surface area (Å²) in [7, 11) is 0. The highest BCUT2D eigenvalue weighted by molar-refractivity contribution is 6.08. The van der Waals surface area contributed by atoms with Gasteiger partial charge in [-0.2, -0.15) is 0 Å². The first kappa shape index (κ1) is 10.7. The molecule has 1 aromatic carbocycles. The van der Waals surface area contributed by atoms with Crippen LogP contribution in [-0.4, -0.2) is 17.4 Å². The Labute approximate surface area is 92.7 Å². The van der Waals surface area contributed by atoms with E-state index in [1.165, 1.54) is 12.1 Å². The van der Waals surface area contributed by atoms with E-state index in [-0.39, 0.29) is 11.7 Å². The van der Waals surface area contributed by atoms with Crippen LogP contribution in [0.1, 0.15) is 23.0 Å². The molecule has 0 saturated heterocycles. The normalized spacial score (nSPS) is 10.7. The van der Waals surface area contributed by atoms with Crippen molar-refractivity contribution in [3.63, 3.8) is 0 Å². The van der Waals surface area contributed by atoms with Crippen LogP contribution in [0.2, 0.25) is 0 Å². The molecule has 84 valence electrons. The standard InChI is InChI=1S/C12H13FN2O/c1-3-14-12(16)11-7(2)15-10-5-4-8(13)6-9(10)11/h4-6,15H,3H2,1-2H3,(H,14,16). The molecule has 0 fully saturated rings. The Bertz CT molecular complexity index is 545. The monoisotopic (exact) mass is 220 g/mol. The lowest BCUT2D eigenvalue weighted by Gasteiger charge is -2.01. The van der Waals surface area contributed by atoms with E-state index < -0.39 is 0 Å². The van der Waals surface area contributed by atoms with Crippen LogP contribution >= 0.6 is 0 Å². The second kappa shape index (κ2) is 3.96. The van der Waals surface area contributed by atoms with Gasteiger partial charge in [-0.3, -0.25) is 4.79 Å². The Morgan fingerprint density at radius 3 is 2.94 bits per heavy atom. The number of benzene rings is 1. The van der Waals surface area contributed by atoms with E-state index in [1.807, 2.05) is 13.8 Å². The van der Waals surface area contributed by atoms with Gasteiger partial charge in [0.05, 0.1) is 5.56 Å². The molecule has 1 heterocycles. The summed E-state index contributed by atoms with van der Waals surface area (Å²) in [6, 6.07) is 4.39. The van der Waals surface area contributed by atoms with E-state index in [1.54, 1.807) is 6.07 Å². The Balaban J connectivity index is 2.62. The number of aromatic nitrogens is 1. The fourth-order valence-corrected chi connectivity index (χ4v) is 1.84. The highest BCUT2D eigenvalue weighted by atomic mass is 19.1. The minimum absolute atomic E-state index is 0.170. The van der Waals surface area contributed by atoms with Gasteiger partial charge in [0.2, 0.25) is 0 Å². The smallest absolute Gasteiger partial charge is 0.253 e. The van der Waals surface area contributed by atoms with E-state index in [9.17, 15) is 9.18 Å². The zero-order valence-electron chi connectivity index (χ0n) is 9.23. The summed E-state index contributed by atoms with van der Waals surface area (Å²) in [5.41, 5.74) is 2.06. The lowest BCUT2D eigenvalue weighted by atomic mass is 10.1. The molecule has 0 aliphatic rings. The fraction of sp³-hybridized carbons (Fsp3) is 0.250. The van der Waals surface area contributed by atoms with Crippen molar-refractivity contribution in [1.29, 1.82) is 0 Å². The topological polar surface area (TPSA) is 44.9 Å². The molecule has 1 amide bonds.